The summed E-state index contributed by atoms with van der Waals surface area (Å²) in [6.07, 6.45) is 2.62. The third kappa shape index (κ3) is 5.91. The van der Waals surface area contributed by atoms with Gasteiger partial charge in [0.25, 0.3) is 0 Å². The lowest BCUT2D eigenvalue weighted by atomic mass is 9.92. The minimum atomic E-state index is -1.71. The van der Waals surface area contributed by atoms with Gasteiger partial charge in [-0.1, -0.05) is 34.6 Å². The Balaban J connectivity index is 1.94. The first-order valence-electron chi connectivity index (χ1n) is 10.9. The maximum Gasteiger partial charge on any atom is 0.240 e. The zero-order chi connectivity index (χ0) is 22.5. The lowest BCUT2D eigenvalue weighted by Gasteiger charge is -2.36. The van der Waals surface area contributed by atoms with Gasteiger partial charge in [-0.15, -0.1) is 0 Å². The Labute approximate surface area is 181 Å². The topological polar surface area (TPSA) is 59.9 Å². The second kappa shape index (κ2) is 10.0. The number of nitrogens with one attached hydrogen (secondary N) is 1. The number of hydrogen-bond acceptors (Lipinski definition) is 4. The van der Waals surface area contributed by atoms with Gasteiger partial charge in [0, 0.05) is 30.1 Å². The third-order valence-corrected chi connectivity index (χ3v) is 10.7. The van der Waals surface area contributed by atoms with Gasteiger partial charge in [-0.25, -0.2) is 9.82 Å². The largest absolute Gasteiger partial charge is 0.493 e. The number of amides is 1. The van der Waals surface area contributed by atoms with Gasteiger partial charge in [-0.3, -0.25) is 4.79 Å². The average Bonchev–Trinajstić information content (AvgIpc) is 2.64. The van der Waals surface area contributed by atoms with Crippen LogP contribution in [-0.4, -0.2) is 33.2 Å². The van der Waals surface area contributed by atoms with Gasteiger partial charge in [0.2, 0.25) is 5.91 Å². The van der Waals surface area contributed by atoms with Crippen LogP contribution in [0.4, 0.5) is 4.39 Å². The van der Waals surface area contributed by atoms with Crippen molar-refractivity contribution in [1.29, 1.82) is 0 Å². The first-order valence-corrected chi connectivity index (χ1v) is 13.8. The highest BCUT2D eigenvalue weighted by molar-refractivity contribution is 6.74. The summed E-state index contributed by atoms with van der Waals surface area (Å²) in [5.74, 6) is 0.0145. The summed E-state index contributed by atoms with van der Waals surface area (Å²) >= 11 is 0. The molecule has 0 saturated carbocycles. The molecular weight excluding hydrogens is 399 g/mol. The van der Waals surface area contributed by atoms with Crippen molar-refractivity contribution in [2.75, 3.05) is 13.2 Å². The summed E-state index contributed by atoms with van der Waals surface area (Å²) in [7, 11) is -1.71. The van der Waals surface area contributed by atoms with Gasteiger partial charge in [0.15, 0.2) is 8.32 Å². The van der Waals surface area contributed by atoms with Crippen LogP contribution in [-0.2, 0) is 15.6 Å². The summed E-state index contributed by atoms with van der Waals surface area (Å²) in [6.45, 7) is 16.3. The first-order chi connectivity index (χ1) is 14.0. The molecule has 168 valence electrons. The number of halogens is 1. The lowest BCUT2D eigenvalue weighted by molar-refractivity contribution is -0.121. The molecule has 30 heavy (non-hydrogen) atoms. The molecule has 0 fully saturated rings. The molecule has 0 spiro atoms. The van der Waals surface area contributed by atoms with Gasteiger partial charge in [-0.2, -0.15) is 5.10 Å². The molecule has 0 bridgehead atoms. The lowest BCUT2D eigenvalue weighted by Crippen LogP contribution is -2.41. The van der Waals surface area contributed by atoms with Crippen LogP contribution in [0.5, 0.6) is 5.75 Å². The Morgan fingerprint density at radius 2 is 1.90 bits per heavy atom. The molecule has 1 atom stereocenters. The Morgan fingerprint density at radius 3 is 2.50 bits per heavy atom. The van der Waals surface area contributed by atoms with Crippen LogP contribution in [0.25, 0.3) is 0 Å². The SMILES string of the molecule is CCc1c(OCCCCO[Si](C)(C)C(C)(C)C)ccc(C2=NNC(=O)CC2C)c1F. The number of ether oxygens (including phenoxy) is 1. The highest BCUT2D eigenvalue weighted by atomic mass is 28.4. The molecule has 1 aromatic carbocycles. The molecule has 7 heteroatoms. The molecule has 0 radical (unpaired) electrons. The Bertz CT molecular complexity index is 787. The average molecular weight is 437 g/mol. The van der Waals surface area contributed by atoms with Crippen LogP contribution in [0.2, 0.25) is 18.1 Å². The van der Waals surface area contributed by atoms with E-state index in [2.05, 4.69) is 44.4 Å². The van der Waals surface area contributed by atoms with E-state index in [0.29, 0.717) is 42.0 Å². The Morgan fingerprint density at radius 1 is 1.23 bits per heavy atom. The molecule has 1 aliphatic heterocycles. The zero-order valence-electron chi connectivity index (χ0n) is 19.5. The van der Waals surface area contributed by atoms with Gasteiger partial charge in [0.05, 0.1) is 12.3 Å². The van der Waals surface area contributed by atoms with Crippen molar-refractivity contribution in [3.05, 3.63) is 29.1 Å². The maximum absolute atomic E-state index is 15.2. The number of unbranched alkanes of at least 4 members (excludes halogenated alkanes) is 1. The molecule has 5 nitrogen and oxygen atoms in total. The van der Waals surface area contributed by atoms with Gasteiger partial charge < -0.3 is 9.16 Å². The zero-order valence-corrected chi connectivity index (χ0v) is 20.5. The normalized spacial score (nSPS) is 17.5. The predicted octanol–water partition coefficient (Wildman–Crippen LogP) is 5.43. The number of hydrogen-bond donors (Lipinski definition) is 1. The predicted molar refractivity (Wildman–Crippen MR) is 122 cm³/mol. The third-order valence-electron chi connectivity index (χ3n) is 6.15. The first kappa shape index (κ1) is 24.5. The van der Waals surface area contributed by atoms with E-state index in [1.54, 1.807) is 6.07 Å². The summed E-state index contributed by atoms with van der Waals surface area (Å²) in [5.41, 5.74) is 4.03. The molecular formula is C23H37FN2O3Si. The van der Waals surface area contributed by atoms with Crippen molar-refractivity contribution in [2.24, 2.45) is 11.0 Å². The fourth-order valence-corrected chi connectivity index (χ4v) is 4.26. The molecule has 1 aromatic rings. The minimum absolute atomic E-state index is 0.120. The Hall–Kier alpha value is -1.73. The highest BCUT2D eigenvalue weighted by Gasteiger charge is 2.36. The van der Waals surface area contributed by atoms with Gasteiger partial charge >= 0.3 is 0 Å². The van der Waals surface area contributed by atoms with Crippen molar-refractivity contribution >= 4 is 19.9 Å². The number of benzene rings is 1. The van der Waals surface area contributed by atoms with Gasteiger partial charge in [-0.05, 0) is 49.5 Å². The molecule has 0 saturated heterocycles. The van der Waals surface area contributed by atoms with Crippen LogP contribution < -0.4 is 10.2 Å². The fraction of sp³-hybridized carbons (Fsp3) is 0.652. The van der Waals surface area contributed by atoms with E-state index in [4.69, 9.17) is 9.16 Å². The molecule has 1 heterocycles. The van der Waals surface area contributed by atoms with E-state index in [9.17, 15) is 4.79 Å². The smallest absolute Gasteiger partial charge is 0.240 e. The molecule has 1 amide bonds. The van der Waals surface area contributed by atoms with E-state index in [1.165, 1.54) is 0 Å². The molecule has 1 unspecified atom stereocenters. The molecule has 1 aliphatic rings. The monoisotopic (exact) mass is 436 g/mol. The summed E-state index contributed by atoms with van der Waals surface area (Å²) < 4.78 is 27.3. The highest BCUT2D eigenvalue weighted by Crippen LogP contribution is 2.36. The van der Waals surface area contributed by atoms with E-state index in [-0.39, 0.29) is 22.7 Å². The van der Waals surface area contributed by atoms with E-state index < -0.39 is 8.32 Å². The van der Waals surface area contributed by atoms with Crippen molar-refractivity contribution in [3.8, 4) is 5.75 Å². The van der Waals surface area contributed by atoms with E-state index in [1.807, 2.05) is 19.9 Å². The summed E-state index contributed by atoms with van der Waals surface area (Å²) in [6, 6.07) is 3.52. The van der Waals surface area contributed by atoms with Crippen molar-refractivity contribution in [2.45, 2.75) is 78.4 Å². The van der Waals surface area contributed by atoms with E-state index in [0.717, 1.165) is 19.4 Å². The van der Waals surface area contributed by atoms with Crippen molar-refractivity contribution in [1.82, 2.24) is 5.43 Å². The summed E-state index contributed by atoms with van der Waals surface area (Å²) in [5, 5.41) is 4.30. The van der Waals surface area contributed by atoms with E-state index >= 15 is 4.39 Å². The quantitative estimate of drug-likeness (QED) is 0.415. The molecule has 1 N–H and O–H groups in total. The maximum atomic E-state index is 15.2. The van der Waals surface area contributed by atoms with Crippen LogP contribution in [0.15, 0.2) is 17.2 Å². The van der Waals surface area contributed by atoms with Crippen LogP contribution >= 0.6 is 0 Å². The molecule has 2 rings (SSSR count). The standard InChI is InChI=1S/C23H37FN2O3Si/c1-8-17-19(28-13-9-10-14-29-30(6,7)23(3,4)5)12-11-18(21(17)24)22-16(2)15-20(27)25-26-22/h11-12,16H,8-10,13-15H2,1-7H3,(H,25,27). The minimum Gasteiger partial charge on any atom is -0.493 e. The van der Waals surface area contributed by atoms with Gasteiger partial charge in [0.1, 0.15) is 11.6 Å². The van der Waals surface area contributed by atoms with Crippen LogP contribution in [0, 0.1) is 11.7 Å². The van der Waals surface area contributed by atoms with Crippen LogP contribution in [0.1, 0.15) is 65.0 Å². The van der Waals surface area contributed by atoms with Crippen molar-refractivity contribution < 1.29 is 18.3 Å². The van der Waals surface area contributed by atoms with Crippen LogP contribution in [0.3, 0.4) is 0 Å². The summed E-state index contributed by atoms with van der Waals surface area (Å²) in [4.78, 5) is 11.5. The number of carbonyl (C=O) groups is 1. The second-order valence-electron chi connectivity index (χ2n) is 9.56. The molecule has 0 aromatic heterocycles. The molecule has 0 aliphatic carbocycles. The Kier molecular flexibility index (Phi) is 8.22. The second-order valence-corrected chi connectivity index (χ2v) is 14.4. The number of rotatable bonds is 9. The number of nitrogens with zero attached hydrogens (tertiary/aromatic N) is 1. The fourth-order valence-electron chi connectivity index (χ4n) is 3.17. The number of hydrazone groups is 1. The number of carbonyl (C=O) groups excluding carboxylic acids is 1. The van der Waals surface area contributed by atoms with Crippen molar-refractivity contribution in [3.63, 3.8) is 0 Å².